The van der Waals surface area contributed by atoms with Gasteiger partial charge in [-0.05, 0) is 187 Å². The molecule has 5 aromatic heterocycles. The molecule has 0 bridgehead atoms. The molecule has 0 unspecified atom stereocenters. The van der Waals surface area contributed by atoms with Gasteiger partial charge in [0.15, 0.2) is 0 Å². The van der Waals surface area contributed by atoms with Crippen molar-refractivity contribution in [2.45, 2.75) is 31.1 Å². The van der Waals surface area contributed by atoms with Crippen LogP contribution < -0.4 is 0 Å². The molecule has 568 valence electrons. The third-order valence-corrected chi connectivity index (χ3v) is 27.6. The number of fused-ring (bicyclic) bond motifs is 32. The highest BCUT2D eigenvalue weighted by atomic mass is 16.3. The average Bonchev–Trinajstić information content (AvgIpc) is 1.53. The van der Waals surface area contributed by atoms with Crippen molar-refractivity contribution in [1.82, 2.24) is 0 Å². The quantitative estimate of drug-likeness (QED) is 0.155. The standard InChI is InChI=1S/C63H36O3.C54H34O2/c1-3-17-37(18-4-1)63(38-19-5-2-6-20-38)49-31-13-11-25-43(49)57-50(63)33-34-53-59(57)47-29-15-27-45(61(47)65-53)55-39-21-7-9-23-41(39)56(42-24-10-8-22-40(42)55)46-28-16-30-48-60-54(66-62(46)48)36-35-52-58(60)44-26-12-14-32-51(44)64-52;1-54(2)42-20-9-7-16-37(42)50-43(54)25-27-46-52(50)40-19-11-18-39(53(40)56-46)49-35-14-5-3-12-33(35)47(34-13-4-6-15-36(34)49)32-23-22-30-28-31-24-26-45-51(48(31)41(30)29-32)38-17-8-10-21-44(38)55-45/h1-36H;3-27,29H,28H2,1-2H3. The second-order valence-electron chi connectivity index (χ2n) is 34.0. The summed E-state index contributed by atoms with van der Waals surface area (Å²) in [6, 6.07) is 137. The second-order valence-corrected chi connectivity index (χ2v) is 34.0. The summed E-state index contributed by atoms with van der Waals surface area (Å²) in [4.78, 5) is 0. The summed E-state index contributed by atoms with van der Waals surface area (Å²) in [6.07, 6.45) is 0.925. The van der Waals surface area contributed by atoms with E-state index in [-0.39, 0.29) is 5.41 Å². The molecule has 0 radical (unpaired) electrons. The van der Waals surface area contributed by atoms with Crippen LogP contribution in [-0.2, 0) is 17.3 Å². The molecule has 5 heterocycles. The molecule has 0 atom stereocenters. The molecule has 28 rings (SSSR count). The molecule has 25 aromatic rings. The molecule has 0 fully saturated rings. The molecule has 5 heteroatoms. The minimum absolute atomic E-state index is 0.0818. The lowest BCUT2D eigenvalue weighted by Crippen LogP contribution is -2.28. The van der Waals surface area contributed by atoms with Crippen molar-refractivity contribution in [3.05, 3.63) is 421 Å². The molecule has 0 saturated heterocycles. The maximum atomic E-state index is 7.20. The van der Waals surface area contributed by atoms with Crippen LogP contribution in [0.2, 0.25) is 0 Å². The van der Waals surface area contributed by atoms with E-state index in [2.05, 4.69) is 372 Å². The van der Waals surface area contributed by atoms with Crippen molar-refractivity contribution in [2.24, 2.45) is 0 Å². The van der Waals surface area contributed by atoms with Crippen LogP contribution in [-0.4, -0.2) is 0 Å². The molecular formula is C117H70O5. The van der Waals surface area contributed by atoms with Gasteiger partial charge in [-0.3, -0.25) is 0 Å². The highest BCUT2D eigenvalue weighted by molar-refractivity contribution is 6.32. The van der Waals surface area contributed by atoms with Gasteiger partial charge in [-0.2, -0.15) is 0 Å². The van der Waals surface area contributed by atoms with Gasteiger partial charge in [-0.15, -0.1) is 0 Å². The molecule has 20 aromatic carbocycles. The lowest BCUT2D eigenvalue weighted by molar-refractivity contribution is 0.657. The van der Waals surface area contributed by atoms with E-state index in [1.807, 2.05) is 18.2 Å². The van der Waals surface area contributed by atoms with Crippen LogP contribution in [0.5, 0.6) is 0 Å². The first kappa shape index (κ1) is 67.5. The zero-order valence-electron chi connectivity index (χ0n) is 66.5. The number of furan rings is 5. The normalized spacial score (nSPS) is 13.6. The molecule has 5 nitrogen and oxygen atoms in total. The van der Waals surface area contributed by atoms with E-state index in [0.29, 0.717) is 0 Å². The first-order valence-electron chi connectivity index (χ1n) is 42.3. The fourth-order valence-electron chi connectivity index (χ4n) is 22.7. The van der Waals surface area contributed by atoms with Gasteiger partial charge >= 0.3 is 0 Å². The Morgan fingerprint density at radius 3 is 1.05 bits per heavy atom. The van der Waals surface area contributed by atoms with E-state index in [1.165, 1.54) is 132 Å². The van der Waals surface area contributed by atoms with Crippen molar-refractivity contribution in [3.63, 3.8) is 0 Å². The molecule has 0 aliphatic heterocycles. The minimum Gasteiger partial charge on any atom is -0.456 e. The van der Waals surface area contributed by atoms with Gasteiger partial charge in [-0.1, -0.05) is 341 Å². The molecule has 0 spiro atoms. The van der Waals surface area contributed by atoms with Gasteiger partial charge < -0.3 is 22.1 Å². The lowest BCUT2D eigenvalue weighted by atomic mass is 9.67. The molecule has 0 N–H and O–H groups in total. The van der Waals surface area contributed by atoms with Crippen LogP contribution in [0, 0.1) is 0 Å². The van der Waals surface area contributed by atoms with E-state index in [9.17, 15) is 0 Å². The molecular weight excluding hydrogens is 1490 g/mol. The molecule has 3 aliphatic rings. The summed E-state index contributed by atoms with van der Waals surface area (Å²) in [7, 11) is 0. The SMILES string of the molecule is CC1(C)c2ccccc2-c2c1ccc1oc3c(-c4c5ccccc5c(-c5ccc6c(c5)-c5c(ccc7oc8ccccc8c57)C6)c5ccccc45)cccc3c21.c1ccc(C2(c3ccccc3)c3ccccc3-c3c2ccc2oc4c(-c5c6ccccc6c(-c6cccc7c6oc6ccc8oc9ccccc9c8c67)c6ccccc56)cccc4c32)cc1. The summed E-state index contributed by atoms with van der Waals surface area (Å²) in [5, 5.41) is 20.8. The summed E-state index contributed by atoms with van der Waals surface area (Å²) >= 11 is 0. The van der Waals surface area contributed by atoms with Crippen LogP contribution in [0.25, 0.3) is 231 Å². The Bertz CT molecular complexity index is 8750. The first-order chi connectivity index (χ1) is 60.3. The largest absolute Gasteiger partial charge is 0.456 e. The van der Waals surface area contributed by atoms with E-state index >= 15 is 0 Å². The van der Waals surface area contributed by atoms with Gasteiger partial charge in [0.05, 0.1) is 5.41 Å². The zero-order chi connectivity index (χ0) is 80.0. The highest BCUT2D eigenvalue weighted by Crippen LogP contribution is 2.61. The Morgan fingerprint density at radius 1 is 0.197 bits per heavy atom. The van der Waals surface area contributed by atoms with Crippen LogP contribution in [0.3, 0.4) is 0 Å². The minimum atomic E-state index is -0.507. The Labute approximate surface area is 699 Å². The van der Waals surface area contributed by atoms with Crippen LogP contribution in [0.15, 0.2) is 398 Å². The summed E-state index contributed by atoms with van der Waals surface area (Å²) < 4.78 is 33.9. The lowest BCUT2D eigenvalue weighted by Gasteiger charge is -2.33. The van der Waals surface area contributed by atoms with Crippen molar-refractivity contribution in [3.8, 4) is 77.9 Å². The zero-order valence-corrected chi connectivity index (χ0v) is 66.5. The van der Waals surface area contributed by atoms with E-state index in [4.69, 9.17) is 22.1 Å². The predicted octanol–water partition coefficient (Wildman–Crippen LogP) is 32.4. The number of hydrogen-bond donors (Lipinski definition) is 0. The highest BCUT2D eigenvalue weighted by Gasteiger charge is 2.48. The van der Waals surface area contributed by atoms with Crippen LogP contribution in [0.4, 0.5) is 0 Å². The van der Waals surface area contributed by atoms with E-state index in [0.717, 1.165) is 149 Å². The molecule has 0 amide bonds. The smallest absolute Gasteiger partial charge is 0.143 e. The molecule has 122 heavy (non-hydrogen) atoms. The van der Waals surface area contributed by atoms with Crippen molar-refractivity contribution >= 4 is 153 Å². The Hall–Kier alpha value is -15.6. The van der Waals surface area contributed by atoms with Crippen molar-refractivity contribution in [2.75, 3.05) is 0 Å². The number of rotatable bonds is 6. The maximum Gasteiger partial charge on any atom is 0.143 e. The molecule has 3 aliphatic carbocycles. The van der Waals surface area contributed by atoms with Crippen LogP contribution >= 0.6 is 0 Å². The number of para-hydroxylation sites is 5. The third-order valence-electron chi connectivity index (χ3n) is 27.6. The number of benzene rings is 20. The fraction of sp³-hybridized carbons (Fsp3) is 0.0427. The Morgan fingerprint density at radius 2 is 0.533 bits per heavy atom. The van der Waals surface area contributed by atoms with Gasteiger partial charge in [-0.25, -0.2) is 0 Å². The van der Waals surface area contributed by atoms with Gasteiger partial charge in [0, 0.05) is 92.7 Å². The number of hydrogen-bond acceptors (Lipinski definition) is 5. The van der Waals surface area contributed by atoms with Gasteiger partial charge in [0.1, 0.15) is 55.8 Å². The summed E-state index contributed by atoms with van der Waals surface area (Å²) in [5.41, 5.74) is 35.8. The monoisotopic (exact) mass is 1550 g/mol. The van der Waals surface area contributed by atoms with Gasteiger partial charge in [0.2, 0.25) is 0 Å². The topological polar surface area (TPSA) is 65.7 Å². The summed E-state index contributed by atoms with van der Waals surface area (Å²) in [5.74, 6) is 0. The van der Waals surface area contributed by atoms with Crippen molar-refractivity contribution in [1.29, 1.82) is 0 Å². The molecule has 0 saturated carbocycles. The fourth-order valence-corrected chi connectivity index (χ4v) is 22.7. The average molecular weight is 1560 g/mol. The third kappa shape index (κ3) is 9.05. The van der Waals surface area contributed by atoms with Crippen LogP contribution in [0.1, 0.15) is 58.4 Å². The predicted molar refractivity (Wildman–Crippen MR) is 504 cm³/mol. The Kier molecular flexibility index (Phi) is 13.8. The second kappa shape index (κ2) is 25.0. The first-order valence-corrected chi connectivity index (χ1v) is 42.3. The Balaban J connectivity index is 0.000000130. The van der Waals surface area contributed by atoms with E-state index < -0.39 is 5.41 Å². The summed E-state index contributed by atoms with van der Waals surface area (Å²) in [6.45, 7) is 4.69. The maximum absolute atomic E-state index is 7.20. The van der Waals surface area contributed by atoms with E-state index in [1.54, 1.807) is 0 Å². The van der Waals surface area contributed by atoms with Crippen molar-refractivity contribution < 1.29 is 22.1 Å². The van der Waals surface area contributed by atoms with Gasteiger partial charge in [0.25, 0.3) is 0 Å².